The quantitative estimate of drug-likeness (QED) is 0.436. The standard InChI is InChI=1S/C28H22N2O/c1-17(2)19-11-6-7-12-20(19)21-13-8-14-22-23-15-26-25(16-24(23)29-27(21)22)30-28(31-26)18-9-4-3-5-10-18/h3-13,15-17H,14H2,1-2H3. The zero-order valence-corrected chi connectivity index (χ0v) is 17.6. The van der Waals surface area contributed by atoms with E-state index in [-0.39, 0.29) is 0 Å². The number of nitrogens with zero attached hydrogens (tertiary/aromatic N) is 2. The molecule has 1 aromatic heterocycles. The van der Waals surface area contributed by atoms with Gasteiger partial charge in [-0.1, -0.05) is 68.5 Å². The van der Waals surface area contributed by atoms with Gasteiger partial charge < -0.3 is 4.42 Å². The monoisotopic (exact) mass is 402 g/mol. The molecule has 31 heavy (non-hydrogen) atoms. The van der Waals surface area contributed by atoms with E-state index in [1.807, 2.05) is 30.3 Å². The van der Waals surface area contributed by atoms with E-state index >= 15 is 0 Å². The van der Waals surface area contributed by atoms with Gasteiger partial charge in [0.2, 0.25) is 5.89 Å². The zero-order chi connectivity index (χ0) is 20.9. The van der Waals surface area contributed by atoms with Crippen LogP contribution in [0.3, 0.4) is 0 Å². The van der Waals surface area contributed by atoms with Gasteiger partial charge in [0, 0.05) is 16.4 Å². The molecule has 0 saturated heterocycles. The minimum atomic E-state index is 0.454. The fourth-order valence-corrected chi connectivity index (χ4v) is 4.58. The average Bonchev–Trinajstić information content (AvgIpc) is 3.38. The van der Waals surface area contributed by atoms with E-state index in [1.165, 1.54) is 22.3 Å². The molecule has 0 unspecified atom stereocenters. The zero-order valence-electron chi connectivity index (χ0n) is 17.6. The first-order valence-corrected chi connectivity index (χ1v) is 10.8. The van der Waals surface area contributed by atoms with Crippen LogP contribution in [0.25, 0.3) is 33.7 Å². The first-order valence-electron chi connectivity index (χ1n) is 10.8. The summed E-state index contributed by atoms with van der Waals surface area (Å²) >= 11 is 0. The summed E-state index contributed by atoms with van der Waals surface area (Å²) in [6.07, 6.45) is 5.35. The molecule has 0 N–H and O–H groups in total. The second kappa shape index (κ2) is 6.92. The lowest BCUT2D eigenvalue weighted by Crippen LogP contribution is -2.22. The maximum absolute atomic E-state index is 6.12. The summed E-state index contributed by atoms with van der Waals surface area (Å²) in [5.74, 6) is 1.10. The van der Waals surface area contributed by atoms with Gasteiger partial charge in [0.25, 0.3) is 0 Å². The molecule has 2 heterocycles. The van der Waals surface area contributed by atoms with Crippen molar-refractivity contribution in [2.75, 3.05) is 0 Å². The largest absolute Gasteiger partial charge is 0.436 e. The Kier molecular flexibility index (Phi) is 4.03. The van der Waals surface area contributed by atoms with Crippen LogP contribution in [-0.4, -0.2) is 4.98 Å². The second-order valence-electron chi connectivity index (χ2n) is 8.42. The third-order valence-corrected chi connectivity index (χ3v) is 6.10. The minimum Gasteiger partial charge on any atom is -0.436 e. The molecule has 1 aliphatic heterocycles. The van der Waals surface area contributed by atoms with Crippen molar-refractivity contribution in [2.24, 2.45) is 4.99 Å². The first kappa shape index (κ1) is 18.1. The Hall–Kier alpha value is -3.72. The Balaban J connectivity index is 1.55. The van der Waals surface area contributed by atoms with E-state index in [2.05, 4.69) is 62.4 Å². The van der Waals surface area contributed by atoms with Gasteiger partial charge in [-0.3, -0.25) is 0 Å². The van der Waals surface area contributed by atoms with Gasteiger partial charge in [-0.2, -0.15) is 0 Å². The summed E-state index contributed by atoms with van der Waals surface area (Å²) in [6.45, 7) is 4.48. The Morgan fingerprint density at radius 2 is 1.74 bits per heavy atom. The van der Waals surface area contributed by atoms with Crippen LogP contribution in [-0.2, 0) is 0 Å². The van der Waals surface area contributed by atoms with Crippen molar-refractivity contribution in [2.45, 2.75) is 26.2 Å². The molecule has 0 amide bonds. The molecule has 3 heteroatoms. The van der Waals surface area contributed by atoms with Crippen LogP contribution in [0.5, 0.6) is 0 Å². The second-order valence-corrected chi connectivity index (χ2v) is 8.42. The van der Waals surface area contributed by atoms with Crippen molar-refractivity contribution >= 4 is 22.2 Å². The summed E-state index contributed by atoms with van der Waals surface area (Å²) in [6, 6.07) is 22.9. The molecule has 150 valence electrons. The Bertz CT molecular complexity index is 1520. The Morgan fingerprint density at radius 1 is 0.935 bits per heavy atom. The highest BCUT2D eigenvalue weighted by molar-refractivity contribution is 5.92. The third-order valence-electron chi connectivity index (χ3n) is 6.10. The Morgan fingerprint density at radius 3 is 2.58 bits per heavy atom. The van der Waals surface area contributed by atoms with Crippen molar-refractivity contribution in [1.82, 2.24) is 4.98 Å². The number of allylic oxidation sites excluding steroid dienone is 4. The smallest absolute Gasteiger partial charge is 0.227 e. The summed E-state index contributed by atoms with van der Waals surface area (Å²) in [7, 11) is 0. The van der Waals surface area contributed by atoms with E-state index in [1.54, 1.807) is 0 Å². The minimum absolute atomic E-state index is 0.454. The van der Waals surface area contributed by atoms with Gasteiger partial charge in [0.05, 0.1) is 11.1 Å². The highest BCUT2D eigenvalue weighted by Crippen LogP contribution is 2.36. The van der Waals surface area contributed by atoms with Crippen LogP contribution in [0.15, 0.2) is 94.0 Å². The van der Waals surface area contributed by atoms with Crippen LogP contribution in [0.4, 0.5) is 0 Å². The predicted molar refractivity (Wildman–Crippen MR) is 125 cm³/mol. The number of benzene rings is 3. The third kappa shape index (κ3) is 2.89. The van der Waals surface area contributed by atoms with E-state index in [9.17, 15) is 0 Å². The molecule has 4 aromatic rings. The maximum Gasteiger partial charge on any atom is 0.227 e. The number of rotatable bonds is 3. The van der Waals surface area contributed by atoms with E-state index in [4.69, 9.17) is 14.4 Å². The van der Waals surface area contributed by atoms with Gasteiger partial charge in [0.1, 0.15) is 5.52 Å². The lowest BCUT2D eigenvalue weighted by Gasteiger charge is -2.18. The molecule has 0 atom stereocenters. The van der Waals surface area contributed by atoms with Gasteiger partial charge in [0.15, 0.2) is 5.58 Å². The van der Waals surface area contributed by atoms with Gasteiger partial charge in [-0.15, -0.1) is 0 Å². The lowest BCUT2D eigenvalue weighted by atomic mass is 9.87. The van der Waals surface area contributed by atoms with Crippen molar-refractivity contribution < 1.29 is 4.42 Å². The van der Waals surface area contributed by atoms with Gasteiger partial charge in [-0.05, 0) is 53.3 Å². The molecule has 3 aromatic carbocycles. The Labute approximate surface area is 180 Å². The molecule has 3 nitrogen and oxygen atoms in total. The average molecular weight is 402 g/mol. The van der Waals surface area contributed by atoms with Gasteiger partial charge >= 0.3 is 0 Å². The van der Waals surface area contributed by atoms with Crippen molar-refractivity contribution in [1.29, 1.82) is 0 Å². The van der Waals surface area contributed by atoms with Crippen LogP contribution in [0.2, 0.25) is 0 Å². The van der Waals surface area contributed by atoms with Crippen molar-refractivity contribution in [3.05, 3.63) is 106 Å². The van der Waals surface area contributed by atoms with Crippen LogP contribution < -0.4 is 10.6 Å². The number of oxazole rings is 1. The number of fused-ring (bicyclic) bond motifs is 3. The fraction of sp³-hybridized carbons (Fsp3) is 0.143. The lowest BCUT2D eigenvalue weighted by molar-refractivity contribution is 0.619. The van der Waals surface area contributed by atoms with E-state index in [0.29, 0.717) is 11.8 Å². The van der Waals surface area contributed by atoms with E-state index in [0.717, 1.165) is 39.4 Å². The molecule has 0 saturated carbocycles. The van der Waals surface area contributed by atoms with E-state index < -0.39 is 0 Å². The maximum atomic E-state index is 6.12. The summed E-state index contributed by atoms with van der Waals surface area (Å²) in [5.41, 5.74) is 8.81. The number of hydrogen-bond acceptors (Lipinski definition) is 3. The fourth-order valence-electron chi connectivity index (χ4n) is 4.58. The van der Waals surface area contributed by atoms with Crippen LogP contribution in [0.1, 0.15) is 37.3 Å². The molecule has 1 aliphatic carbocycles. The molecule has 6 rings (SSSR count). The number of hydrogen-bond donors (Lipinski definition) is 0. The predicted octanol–water partition coefficient (Wildman–Crippen LogP) is 5.77. The topological polar surface area (TPSA) is 38.4 Å². The molecule has 0 fully saturated rings. The molecule has 0 bridgehead atoms. The molecular weight excluding hydrogens is 380 g/mol. The summed E-state index contributed by atoms with van der Waals surface area (Å²) in [5, 5.41) is 2.13. The van der Waals surface area contributed by atoms with Crippen molar-refractivity contribution in [3.8, 4) is 11.5 Å². The molecule has 0 radical (unpaired) electrons. The SMILES string of the molecule is CC(C)c1ccccc1C1=C2N=c3cc4nc(-c5ccccc5)oc4cc3=C2CC=C1. The van der Waals surface area contributed by atoms with Crippen LogP contribution in [0, 0.1) is 0 Å². The summed E-state index contributed by atoms with van der Waals surface area (Å²) in [4.78, 5) is 9.80. The molecule has 2 aliphatic rings. The van der Waals surface area contributed by atoms with Gasteiger partial charge in [-0.25, -0.2) is 9.98 Å². The van der Waals surface area contributed by atoms with Crippen molar-refractivity contribution in [3.63, 3.8) is 0 Å². The molecular formula is C28H22N2O. The highest BCUT2D eigenvalue weighted by atomic mass is 16.3. The highest BCUT2D eigenvalue weighted by Gasteiger charge is 2.22. The molecule has 0 spiro atoms. The number of aromatic nitrogens is 1. The first-order chi connectivity index (χ1) is 15.2. The van der Waals surface area contributed by atoms with Crippen LogP contribution >= 0.6 is 0 Å². The summed E-state index contributed by atoms with van der Waals surface area (Å²) < 4.78 is 6.12. The normalized spacial score (nSPS) is 14.9.